The van der Waals surface area contributed by atoms with Crippen LogP contribution in [-0.4, -0.2) is 48.5 Å². The normalized spacial score (nSPS) is 13.7. The molecule has 1 fully saturated rings. The molecular weight excluding hydrogens is 422 g/mol. The van der Waals surface area contributed by atoms with E-state index < -0.39 is 17.5 Å². The van der Waals surface area contributed by atoms with E-state index in [9.17, 15) is 19.6 Å². The number of hydrogen-bond acceptors (Lipinski definition) is 7. The highest BCUT2D eigenvalue weighted by Crippen LogP contribution is 2.43. The highest BCUT2D eigenvalue weighted by molar-refractivity contribution is 6.06. The summed E-state index contributed by atoms with van der Waals surface area (Å²) in [5, 5.41) is 12.1. The third-order valence-corrected chi connectivity index (χ3v) is 5.80. The lowest BCUT2D eigenvalue weighted by Crippen LogP contribution is -2.49. The Bertz CT molecular complexity index is 1090. The summed E-state index contributed by atoms with van der Waals surface area (Å²) in [7, 11) is 1.24. The second-order valence-corrected chi connectivity index (χ2v) is 7.97. The molecule has 3 rings (SSSR count). The summed E-state index contributed by atoms with van der Waals surface area (Å²) >= 11 is 0. The molecule has 0 aromatic heterocycles. The van der Waals surface area contributed by atoms with Gasteiger partial charge in [-0.05, 0) is 49.6 Å². The van der Waals surface area contributed by atoms with Gasteiger partial charge in [-0.15, -0.1) is 0 Å². The molecule has 1 aliphatic rings. The monoisotopic (exact) mass is 449 g/mol. The molecule has 172 valence electrons. The Morgan fingerprint density at radius 1 is 1.18 bits per heavy atom. The zero-order valence-electron chi connectivity index (χ0n) is 19.0. The Labute approximate surface area is 193 Å². The average molecular weight is 450 g/mol. The van der Waals surface area contributed by atoms with Gasteiger partial charge in [0.25, 0.3) is 0 Å². The third kappa shape index (κ3) is 5.38. The molecule has 0 unspecified atom stereocenters. The topological polar surface area (TPSA) is 109 Å². The lowest BCUT2D eigenvalue weighted by Gasteiger charge is -2.29. The van der Waals surface area contributed by atoms with Crippen molar-refractivity contribution in [1.82, 2.24) is 4.90 Å². The molecule has 1 aliphatic carbocycles. The number of likely N-dealkylation sites (N-methyl/N-ethyl adjacent to an activating group) is 1. The molecule has 8 heteroatoms. The number of carbonyl (C=O) groups is 3. The Morgan fingerprint density at radius 2 is 1.88 bits per heavy atom. The Morgan fingerprint density at radius 3 is 2.45 bits per heavy atom. The maximum Gasteiger partial charge on any atom is 0.340 e. The van der Waals surface area contributed by atoms with Crippen LogP contribution < -0.4 is 5.32 Å². The van der Waals surface area contributed by atoms with Crippen LogP contribution in [0, 0.1) is 18.3 Å². The first kappa shape index (κ1) is 24.0. The van der Waals surface area contributed by atoms with Crippen LogP contribution in [0.2, 0.25) is 0 Å². The zero-order chi connectivity index (χ0) is 24.0. The highest BCUT2D eigenvalue weighted by atomic mass is 16.5. The number of amides is 1. The van der Waals surface area contributed by atoms with E-state index in [0.29, 0.717) is 36.2 Å². The number of methoxy groups -OCH3 is 1. The van der Waals surface area contributed by atoms with E-state index in [2.05, 4.69) is 5.32 Å². The fourth-order valence-corrected chi connectivity index (χ4v) is 3.83. The van der Waals surface area contributed by atoms with Gasteiger partial charge in [-0.2, -0.15) is 5.26 Å². The zero-order valence-corrected chi connectivity index (χ0v) is 19.0. The van der Waals surface area contributed by atoms with Crippen LogP contribution in [0.15, 0.2) is 42.5 Å². The minimum Gasteiger partial charge on any atom is -0.465 e. The Kier molecular flexibility index (Phi) is 7.46. The molecule has 2 aromatic rings. The van der Waals surface area contributed by atoms with Gasteiger partial charge in [0.05, 0.1) is 36.5 Å². The second-order valence-electron chi connectivity index (χ2n) is 7.97. The Hall–Kier alpha value is -3.70. The largest absolute Gasteiger partial charge is 0.465 e. The van der Waals surface area contributed by atoms with Gasteiger partial charge < -0.3 is 14.8 Å². The number of ether oxygens (including phenoxy) is 2. The first-order chi connectivity index (χ1) is 15.8. The molecule has 33 heavy (non-hydrogen) atoms. The lowest BCUT2D eigenvalue weighted by atomic mass is 10.0. The maximum atomic E-state index is 13.3. The minimum atomic E-state index is -0.853. The van der Waals surface area contributed by atoms with Crippen molar-refractivity contribution in [1.29, 1.82) is 5.26 Å². The van der Waals surface area contributed by atoms with Gasteiger partial charge in [0, 0.05) is 0 Å². The number of anilines is 1. The van der Waals surface area contributed by atoms with Crippen LogP contribution in [-0.2, 0) is 25.7 Å². The van der Waals surface area contributed by atoms with Gasteiger partial charge in [-0.3, -0.25) is 14.5 Å². The highest BCUT2D eigenvalue weighted by Gasteiger charge is 2.54. The van der Waals surface area contributed by atoms with E-state index in [1.165, 1.54) is 13.2 Å². The molecular formula is C25H27N3O5. The van der Waals surface area contributed by atoms with Crippen molar-refractivity contribution >= 4 is 23.5 Å². The van der Waals surface area contributed by atoms with Crippen LogP contribution in [0.4, 0.5) is 5.69 Å². The second kappa shape index (κ2) is 10.3. The van der Waals surface area contributed by atoms with Gasteiger partial charge >= 0.3 is 11.9 Å². The number of esters is 2. The molecule has 0 spiro atoms. The van der Waals surface area contributed by atoms with Crippen molar-refractivity contribution in [3.63, 3.8) is 0 Å². The maximum absolute atomic E-state index is 13.3. The molecule has 0 heterocycles. The fraction of sp³-hybridized carbons (Fsp3) is 0.360. The SMILES string of the molecule is CCN(CC(=O)OCc1ccccc1)C1(C(=O)Nc2c(C)cc(C#N)cc2C(=O)OC)CC1. The summed E-state index contributed by atoms with van der Waals surface area (Å²) < 4.78 is 10.2. The molecule has 0 aliphatic heterocycles. The summed E-state index contributed by atoms with van der Waals surface area (Å²) in [6.07, 6.45) is 1.17. The van der Waals surface area contributed by atoms with E-state index in [0.717, 1.165) is 5.56 Å². The fourth-order valence-electron chi connectivity index (χ4n) is 3.83. The number of rotatable bonds is 9. The summed E-state index contributed by atoms with van der Waals surface area (Å²) in [6, 6.07) is 14.4. The molecule has 1 amide bonds. The average Bonchev–Trinajstić information content (AvgIpc) is 3.64. The Balaban J connectivity index is 1.73. The summed E-state index contributed by atoms with van der Waals surface area (Å²) in [5.41, 5.74) is 1.32. The number of aryl methyl sites for hydroxylation is 1. The van der Waals surface area contributed by atoms with Crippen LogP contribution in [0.5, 0.6) is 0 Å². The number of hydrogen-bond donors (Lipinski definition) is 1. The number of nitriles is 1. The van der Waals surface area contributed by atoms with E-state index in [1.807, 2.05) is 43.3 Å². The van der Waals surface area contributed by atoms with Crippen LogP contribution in [0.25, 0.3) is 0 Å². The first-order valence-electron chi connectivity index (χ1n) is 10.7. The van der Waals surface area contributed by atoms with Crippen molar-refractivity contribution in [2.75, 3.05) is 25.5 Å². The summed E-state index contributed by atoms with van der Waals surface area (Å²) in [4.78, 5) is 39.8. The minimum absolute atomic E-state index is 0.0209. The van der Waals surface area contributed by atoms with Gasteiger partial charge in [-0.25, -0.2) is 4.79 Å². The van der Waals surface area contributed by atoms with Crippen LogP contribution >= 0.6 is 0 Å². The molecule has 0 bridgehead atoms. The van der Waals surface area contributed by atoms with Crippen molar-refractivity contribution in [2.45, 2.75) is 38.8 Å². The molecule has 0 saturated heterocycles. The van der Waals surface area contributed by atoms with Crippen LogP contribution in [0.1, 0.15) is 46.8 Å². The smallest absolute Gasteiger partial charge is 0.340 e. The standard InChI is InChI=1S/C25H27N3O5/c1-4-28(15-21(29)33-16-18-8-6-5-7-9-18)25(10-11-25)24(31)27-22-17(2)12-19(14-26)13-20(22)23(30)32-3/h5-9,12-13H,4,10-11,15-16H2,1-3H3,(H,27,31). The van der Waals surface area contributed by atoms with Crippen LogP contribution in [0.3, 0.4) is 0 Å². The van der Waals surface area contributed by atoms with Crippen molar-refractivity contribution in [3.8, 4) is 6.07 Å². The summed E-state index contributed by atoms with van der Waals surface area (Å²) in [5.74, 6) is -1.37. The number of carbonyl (C=O) groups excluding carboxylic acids is 3. The number of nitrogens with zero attached hydrogens (tertiary/aromatic N) is 2. The quantitative estimate of drug-likeness (QED) is 0.586. The van der Waals surface area contributed by atoms with E-state index in [1.54, 1.807) is 17.9 Å². The van der Waals surface area contributed by atoms with Gasteiger partial charge in [0.15, 0.2) is 0 Å². The molecule has 0 radical (unpaired) electrons. The summed E-state index contributed by atoms with van der Waals surface area (Å²) in [6.45, 7) is 4.21. The van der Waals surface area contributed by atoms with Gasteiger partial charge in [0.1, 0.15) is 12.1 Å². The lowest BCUT2D eigenvalue weighted by molar-refractivity contribution is -0.147. The van der Waals surface area contributed by atoms with Crippen molar-refractivity contribution < 1.29 is 23.9 Å². The van der Waals surface area contributed by atoms with Gasteiger partial charge in [-0.1, -0.05) is 37.3 Å². The number of benzene rings is 2. The molecule has 1 saturated carbocycles. The molecule has 2 aromatic carbocycles. The van der Waals surface area contributed by atoms with E-state index in [4.69, 9.17) is 9.47 Å². The number of nitrogens with one attached hydrogen (secondary N) is 1. The molecule has 0 atom stereocenters. The third-order valence-electron chi connectivity index (χ3n) is 5.80. The van der Waals surface area contributed by atoms with E-state index >= 15 is 0 Å². The van der Waals surface area contributed by atoms with Crippen molar-refractivity contribution in [3.05, 3.63) is 64.7 Å². The first-order valence-corrected chi connectivity index (χ1v) is 10.7. The van der Waals surface area contributed by atoms with E-state index in [-0.39, 0.29) is 24.6 Å². The van der Waals surface area contributed by atoms with Crippen molar-refractivity contribution in [2.24, 2.45) is 0 Å². The predicted octanol–water partition coefficient (Wildman–Crippen LogP) is 3.19. The molecule has 1 N–H and O–H groups in total. The molecule has 8 nitrogen and oxygen atoms in total. The predicted molar refractivity (Wildman–Crippen MR) is 121 cm³/mol. The van der Waals surface area contributed by atoms with Gasteiger partial charge in [0.2, 0.25) is 5.91 Å².